The highest BCUT2D eigenvalue weighted by molar-refractivity contribution is 5.33. The highest BCUT2D eigenvalue weighted by Gasteiger charge is 2.03. The number of methoxy groups -OCH3 is 2. The van der Waals surface area contributed by atoms with Gasteiger partial charge in [0.25, 0.3) is 0 Å². The summed E-state index contributed by atoms with van der Waals surface area (Å²) in [6.07, 6.45) is 1.87. The van der Waals surface area contributed by atoms with E-state index < -0.39 is 0 Å². The van der Waals surface area contributed by atoms with Crippen LogP contribution in [0.15, 0.2) is 30.5 Å². The third-order valence-electron chi connectivity index (χ3n) is 2.80. The van der Waals surface area contributed by atoms with E-state index in [9.17, 15) is 0 Å². The molecule has 1 aromatic heterocycles. The Labute approximate surface area is 137 Å². The molecule has 0 aliphatic carbocycles. The maximum Gasteiger partial charge on any atom is 0.109 e. The number of aromatic nitrogens is 3. The summed E-state index contributed by atoms with van der Waals surface area (Å²) in [5.74, 6) is 0. The van der Waals surface area contributed by atoms with Gasteiger partial charge in [-0.15, -0.1) is 5.10 Å². The SMILES string of the molecule is CNCc1ccc(-n2cc(COCCOC)nn2)cc1.COC. The van der Waals surface area contributed by atoms with E-state index >= 15 is 0 Å². The third-order valence-corrected chi connectivity index (χ3v) is 2.80. The summed E-state index contributed by atoms with van der Waals surface area (Å²) in [6.45, 7) is 2.45. The van der Waals surface area contributed by atoms with E-state index in [2.05, 4.69) is 32.5 Å². The minimum absolute atomic E-state index is 0.446. The Bertz CT molecular complexity index is 528. The molecule has 0 fully saturated rings. The van der Waals surface area contributed by atoms with Gasteiger partial charge in [0.05, 0.1) is 31.7 Å². The molecule has 0 unspecified atom stereocenters. The van der Waals surface area contributed by atoms with Gasteiger partial charge >= 0.3 is 0 Å². The molecule has 0 saturated carbocycles. The van der Waals surface area contributed by atoms with Crippen LogP contribution in [0, 0.1) is 0 Å². The number of benzene rings is 1. The smallest absolute Gasteiger partial charge is 0.109 e. The monoisotopic (exact) mass is 322 g/mol. The summed E-state index contributed by atoms with van der Waals surface area (Å²) >= 11 is 0. The molecule has 23 heavy (non-hydrogen) atoms. The average Bonchev–Trinajstić information content (AvgIpc) is 3.02. The van der Waals surface area contributed by atoms with Gasteiger partial charge in [-0.25, -0.2) is 4.68 Å². The second-order valence-corrected chi connectivity index (χ2v) is 4.80. The highest BCUT2D eigenvalue weighted by Crippen LogP contribution is 2.09. The maximum atomic E-state index is 5.41. The van der Waals surface area contributed by atoms with E-state index in [1.807, 2.05) is 25.4 Å². The van der Waals surface area contributed by atoms with Crippen molar-refractivity contribution in [1.82, 2.24) is 20.3 Å². The van der Waals surface area contributed by atoms with Gasteiger partial charge in [0.1, 0.15) is 5.69 Å². The topological polar surface area (TPSA) is 70.4 Å². The van der Waals surface area contributed by atoms with Crippen molar-refractivity contribution < 1.29 is 14.2 Å². The fraction of sp³-hybridized carbons (Fsp3) is 0.500. The first kappa shape index (κ1) is 19.2. The van der Waals surface area contributed by atoms with E-state index in [4.69, 9.17) is 9.47 Å². The van der Waals surface area contributed by atoms with Crippen molar-refractivity contribution in [2.45, 2.75) is 13.2 Å². The van der Waals surface area contributed by atoms with Crippen LogP contribution in [0.2, 0.25) is 0 Å². The molecule has 0 aliphatic rings. The van der Waals surface area contributed by atoms with E-state index in [1.165, 1.54) is 5.56 Å². The van der Waals surface area contributed by atoms with E-state index in [-0.39, 0.29) is 0 Å². The molecule has 2 rings (SSSR count). The van der Waals surface area contributed by atoms with Gasteiger partial charge in [0.2, 0.25) is 0 Å². The maximum absolute atomic E-state index is 5.41. The molecule has 128 valence electrons. The Hall–Kier alpha value is -1.80. The first-order chi connectivity index (χ1) is 11.2. The predicted molar refractivity (Wildman–Crippen MR) is 88.6 cm³/mol. The van der Waals surface area contributed by atoms with Crippen molar-refractivity contribution in [2.24, 2.45) is 0 Å². The van der Waals surface area contributed by atoms with E-state index in [0.717, 1.165) is 17.9 Å². The van der Waals surface area contributed by atoms with Crippen LogP contribution in [-0.4, -0.2) is 56.6 Å². The number of hydrogen-bond acceptors (Lipinski definition) is 6. The van der Waals surface area contributed by atoms with Gasteiger partial charge in [-0.05, 0) is 24.7 Å². The molecular weight excluding hydrogens is 296 g/mol. The lowest BCUT2D eigenvalue weighted by Crippen LogP contribution is -2.05. The van der Waals surface area contributed by atoms with Crippen LogP contribution in [-0.2, 0) is 27.4 Å². The number of nitrogens with zero attached hydrogens (tertiary/aromatic N) is 3. The summed E-state index contributed by atoms with van der Waals surface area (Å²) in [6, 6.07) is 8.19. The normalized spacial score (nSPS) is 10.3. The van der Waals surface area contributed by atoms with Crippen LogP contribution in [0.3, 0.4) is 0 Å². The minimum Gasteiger partial charge on any atom is -0.388 e. The van der Waals surface area contributed by atoms with Gasteiger partial charge in [-0.2, -0.15) is 0 Å². The van der Waals surface area contributed by atoms with Crippen LogP contribution in [0.1, 0.15) is 11.3 Å². The Kier molecular flexibility index (Phi) is 9.81. The number of ether oxygens (including phenoxy) is 3. The van der Waals surface area contributed by atoms with Crippen LogP contribution < -0.4 is 5.32 Å². The highest BCUT2D eigenvalue weighted by atomic mass is 16.5. The van der Waals surface area contributed by atoms with Crippen molar-refractivity contribution in [3.63, 3.8) is 0 Å². The van der Waals surface area contributed by atoms with Crippen LogP contribution in [0.5, 0.6) is 0 Å². The molecule has 1 heterocycles. The van der Waals surface area contributed by atoms with Gasteiger partial charge < -0.3 is 19.5 Å². The fourth-order valence-electron chi connectivity index (χ4n) is 1.78. The first-order valence-electron chi connectivity index (χ1n) is 7.37. The van der Waals surface area contributed by atoms with Gasteiger partial charge in [0, 0.05) is 27.9 Å². The summed E-state index contributed by atoms with van der Waals surface area (Å²) in [4.78, 5) is 0. The van der Waals surface area contributed by atoms with Crippen LogP contribution in [0.4, 0.5) is 0 Å². The predicted octanol–water partition coefficient (Wildman–Crippen LogP) is 1.41. The van der Waals surface area contributed by atoms with Crippen molar-refractivity contribution >= 4 is 0 Å². The second kappa shape index (κ2) is 11.7. The van der Waals surface area contributed by atoms with Gasteiger partial charge in [-0.1, -0.05) is 17.3 Å². The fourth-order valence-corrected chi connectivity index (χ4v) is 1.78. The Morgan fingerprint density at radius 3 is 2.39 bits per heavy atom. The molecule has 1 N–H and O–H groups in total. The summed E-state index contributed by atoms with van der Waals surface area (Å²) in [5.41, 5.74) is 3.03. The lowest BCUT2D eigenvalue weighted by atomic mass is 10.2. The number of rotatable bonds is 8. The van der Waals surface area contributed by atoms with Crippen molar-refractivity contribution in [3.8, 4) is 5.69 Å². The van der Waals surface area contributed by atoms with Crippen LogP contribution in [0.25, 0.3) is 5.69 Å². The van der Waals surface area contributed by atoms with E-state index in [0.29, 0.717) is 19.8 Å². The molecule has 0 atom stereocenters. The zero-order chi connectivity index (χ0) is 16.9. The Balaban J connectivity index is 0.000000816. The first-order valence-corrected chi connectivity index (χ1v) is 7.37. The molecule has 0 bridgehead atoms. The summed E-state index contributed by atoms with van der Waals surface area (Å²) < 4.78 is 16.3. The standard InChI is InChI=1S/C14H20N4O2.C2H6O/c1-15-9-12-3-5-14(6-4-12)18-10-13(16-17-18)11-20-8-7-19-2;1-3-2/h3-6,10,15H,7-9,11H2,1-2H3;1-2H3. The van der Waals surface area contributed by atoms with Gasteiger partial charge in [-0.3, -0.25) is 0 Å². The summed E-state index contributed by atoms with van der Waals surface area (Å²) in [5, 5.41) is 11.3. The van der Waals surface area contributed by atoms with Crippen LogP contribution >= 0.6 is 0 Å². The largest absolute Gasteiger partial charge is 0.388 e. The summed E-state index contributed by atoms with van der Waals surface area (Å²) in [7, 11) is 6.83. The molecule has 1 aromatic carbocycles. The zero-order valence-electron chi connectivity index (χ0n) is 14.3. The molecule has 2 aromatic rings. The lowest BCUT2D eigenvalue weighted by molar-refractivity contribution is 0.0602. The average molecular weight is 322 g/mol. The second-order valence-electron chi connectivity index (χ2n) is 4.80. The Morgan fingerprint density at radius 2 is 1.78 bits per heavy atom. The molecule has 0 amide bonds. The molecular formula is C16H26N4O3. The zero-order valence-corrected chi connectivity index (χ0v) is 14.3. The molecule has 0 aliphatic heterocycles. The minimum atomic E-state index is 0.446. The quantitative estimate of drug-likeness (QED) is 0.741. The van der Waals surface area contributed by atoms with Crippen molar-refractivity contribution in [2.75, 3.05) is 41.6 Å². The van der Waals surface area contributed by atoms with E-state index in [1.54, 1.807) is 26.0 Å². The van der Waals surface area contributed by atoms with Crippen molar-refractivity contribution in [3.05, 3.63) is 41.7 Å². The number of nitrogens with one attached hydrogen (secondary N) is 1. The number of hydrogen-bond donors (Lipinski definition) is 1. The molecule has 0 radical (unpaired) electrons. The van der Waals surface area contributed by atoms with Crippen molar-refractivity contribution in [1.29, 1.82) is 0 Å². The molecule has 0 saturated heterocycles. The van der Waals surface area contributed by atoms with Gasteiger partial charge in [0.15, 0.2) is 0 Å². The Morgan fingerprint density at radius 1 is 1.09 bits per heavy atom. The molecule has 7 nitrogen and oxygen atoms in total. The lowest BCUT2D eigenvalue weighted by Gasteiger charge is -2.03. The third kappa shape index (κ3) is 7.34. The molecule has 7 heteroatoms. The molecule has 0 spiro atoms.